The van der Waals surface area contributed by atoms with E-state index in [-0.39, 0.29) is 5.54 Å². The lowest BCUT2D eigenvalue weighted by atomic mass is 9.83. The summed E-state index contributed by atoms with van der Waals surface area (Å²) in [7, 11) is 0. The van der Waals surface area contributed by atoms with Gasteiger partial charge in [-0.15, -0.1) is 10.2 Å². The Kier molecular flexibility index (Phi) is 2.33. The first-order chi connectivity index (χ1) is 6.57. The molecule has 0 aliphatic heterocycles. The molecular formula is C11H19N3. The third-order valence-electron chi connectivity index (χ3n) is 3.04. The van der Waals surface area contributed by atoms with Gasteiger partial charge >= 0.3 is 0 Å². The van der Waals surface area contributed by atoms with Crippen LogP contribution < -0.4 is 0 Å². The van der Waals surface area contributed by atoms with E-state index in [1.54, 1.807) is 0 Å². The van der Waals surface area contributed by atoms with Crippen LogP contribution in [0.25, 0.3) is 0 Å². The van der Waals surface area contributed by atoms with Gasteiger partial charge in [-0.1, -0.05) is 19.3 Å². The Morgan fingerprint density at radius 2 is 2.14 bits per heavy atom. The van der Waals surface area contributed by atoms with E-state index in [1.165, 1.54) is 19.3 Å². The first kappa shape index (κ1) is 9.69. The van der Waals surface area contributed by atoms with E-state index in [0.29, 0.717) is 0 Å². The Morgan fingerprint density at radius 1 is 1.43 bits per heavy atom. The molecule has 1 aliphatic carbocycles. The molecule has 0 spiro atoms. The largest absolute Gasteiger partial charge is 0.312 e. The maximum absolute atomic E-state index is 4.22. The van der Waals surface area contributed by atoms with E-state index >= 15 is 0 Å². The highest BCUT2D eigenvalue weighted by molar-refractivity contribution is 4.95. The van der Waals surface area contributed by atoms with Crippen molar-refractivity contribution < 1.29 is 0 Å². The topological polar surface area (TPSA) is 30.7 Å². The van der Waals surface area contributed by atoms with Gasteiger partial charge in [0.1, 0.15) is 12.2 Å². The van der Waals surface area contributed by atoms with E-state index < -0.39 is 0 Å². The van der Waals surface area contributed by atoms with Gasteiger partial charge in [0, 0.05) is 12.0 Å². The number of aromatic nitrogens is 3. The van der Waals surface area contributed by atoms with Crippen molar-refractivity contribution in [2.45, 2.75) is 52.0 Å². The molecule has 0 saturated heterocycles. The van der Waals surface area contributed by atoms with E-state index in [0.717, 1.165) is 18.2 Å². The van der Waals surface area contributed by atoms with Gasteiger partial charge in [-0.2, -0.15) is 0 Å². The first-order valence-corrected chi connectivity index (χ1v) is 5.47. The minimum Gasteiger partial charge on any atom is -0.312 e. The monoisotopic (exact) mass is 193 g/mol. The summed E-state index contributed by atoms with van der Waals surface area (Å²) in [6, 6.07) is 0. The van der Waals surface area contributed by atoms with Crippen LogP contribution in [-0.2, 0) is 12.0 Å². The summed E-state index contributed by atoms with van der Waals surface area (Å²) in [5, 5.41) is 8.23. The molecular weight excluding hydrogens is 174 g/mol. The van der Waals surface area contributed by atoms with Crippen molar-refractivity contribution in [3.05, 3.63) is 12.2 Å². The maximum atomic E-state index is 4.22. The molecule has 78 valence electrons. The molecule has 14 heavy (non-hydrogen) atoms. The zero-order valence-electron chi connectivity index (χ0n) is 9.32. The zero-order chi connectivity index (χ0) is 10.2. The van der Waals surface area contributed by atoms with E-state index in [9.17, 15) is 0 Å². The lowest BCUT2D eigenvalue weighted by Gasteiger charge is -2.27. The maximum Gasteiger partial charge on any atom is 0.133 e. The smallest absolute Gasteiger partial charge is 0.133 e. The quantitative estimate of drug-likeness (QED) is 0.722. The van der Waals surface area contributed by atoms with Gasteiger partial charge in [-0.3, -0.25) is 0 Å². The summed E-state index contributed by atoms with van der Waals surface area (Å²) in [5.74, 6) is 2.02. The average Bonchev–Trinajstić information content (AvgIpc) is 2.42. The fourth-order valence-corrected chi connectivity index (χ4v) is 1.91. The second-order valence-electron chi connectivity index (χ2n) is 5.29. The highest BCUT2D eigenvalue weighted by Gasteiger charge is 2.23. The lowest BCUT2D eigenvalue weighted by molar-refractivity contribution is 0.293. The molecule has 1 aromatic heterocycles. The van der Waals surface area contributed by atoms with Crippen LogP contribution in [-0.4, -0.2) is 14.8 Å². The Bertz CT molecular complexity index is 305. The van der Waals surface area contributed by atoms with Crippen molar-refractivity contribution in [1.29, 1.82) is 0 Å². The summed E-state index contributed by atoms with van der Waals surface area (Å²) in [4.78, 5) is 0. The fraction of sp³-hybridized carbons (Fsp3) is 0.818. The highest BCUT2D eigenvalue weighted by Crippen LogP contribution is 2.30. The normalized spacial score (nSPS) is 18.2. The Morgan fingerprint density at radius 3 is 2.64 bits per heavy atom. The van der Waals surface area contributed by atoms with E-state index in [2.05, 4.69) is 35.5 Å². The fourth-order valence-electron chi connectivity index (χ4n) is 1.91. The van der Waals surface area contributed by atoms with Crippen LogP contribution in [0.2, 0.25) is 0 Å². The Labute approximate surface area is 85.5 Å². The van der Waals surface area contributed by atoms with E-state index in [4.69, 9.17) is 0 Å². The molecule has 0 N–H and O–H groups in total. The number of hydrogen-bond donors (Lipinski definition) is 0. The van der Waals surface area contributed by atoms with Crippen LogP contribution in [0.4, 0.5) is 0 Å². The van der Waals surface area contributed by atoms with Crippen molar-refractivity contribution >= 4 is 0 Å². The molecule has 0 radical (unpaired) electrons. The second kappa shape index (κ2) is 3.37. The third-order valence-corrected chi connectivity index (χ3v) is 3.04. The molecule has 1 aliphatic rings. The van der Waals surface area contributed by atoms with Crippen LogP contribution in [0, 0.1) is 5.92 Å². The van der Waals surface area contributed by atoms with Crippen molar-refractivity contribution in [2.24, 2.45) is 5.92 Å². The molecule has 1 aromatic rings. The van der Waals surface area contributed by atoms with Gasteiger partial charge in [0.2, 0.25) is 0 Å². The van der Waals surface area contributed by atoms with Crippen molar-refractivity contribution in [1.82, 2.24) is 14.8 Å². The minimum atomic E-state index is 0.114. The van der Waals surface area contributed by atoms with Crippen molar-refractivity contribution in [2.75, 3.05) is 0 Å². The minimum absolute atomic E-state index is 0.114. The molecule has 1 saturated carbocycles. The van der Waals surface area contributed by atoms with E-state index in [1.807, 2.05) is 6.33 Å². The van der Waals surface area contributed by atoms with Gasteiger partial charge in [0.25, 0.3) is 0 Å². The van der Waals surface area contributed by atoms with Crippen molar-refractivity contribution in [3.8, 4) is 0 Å². The number of nitrogens with zero attached hydrogens (tertiary/aromatic N) is 3. The third kappa shape index (κ3) is 1.81. The molecule has 1 heterocycles. The highest BCUT2D eigenvalue weighted by atomic mass is 15.3. The van der Waals surface area contributed by atoms with Gasteiger partial charge < -0.3 is 4.57 Å². The Hall–Kier alpha value is -0.860. The van der Waals surface area contributed by atoms with Gasteiger partial charge in [-0.25, -0.2) is 0 Å². The molecule has 0 amide bonds. The molecule has 0 unspecified atom stereocenters. The average molecular weight is 193 g/mol. The number of hydrogen-bond acceptors (Lipinski definition) is 2. The molecule has 3 nitrogen and oxygen atoms in total. The predicted octanol–water partition coefficient (Wildman–Crippen LogP) is 2.38. The SMILES string of the molecule is CC(C)(C)n1cnnc1CC1CCC1. The number of rotatable bonds is 2. The lowest BCUT2D eigenvalue weighted by Crippen LogP contribution is -2.25. The summed E-state index contributed by atoms with van der Waals surface area (Å²) in [5.41, 5.74) is 0.114. The van der Waals surface area contributed by atoms with Crippen LogP contribution in [0.3, 0.4) is 0 Å². The van der Waals surface area contributed by atoms with Crippen LogP contribution >= 0.6 is 0 Å². The standard InChI is InChI=1S/C11H19N3/c1-11(2,3)14-8-12-13-10(14)7-9-5-4-6-9/h8-9H,4-7H2,1-3H3. The van der Waals surface area contributed by atoms with Crippen molar-refractivity contribution in [3.63, 3.8) is 0 Å². The van der Waals surface area contributed by atoms with Crippen LogP contribution in [0.1, 0.15) is 45.9 Å². The zero-order valence-corrected chi connectivity index (χ0v) is 9.32. The van der Waals surface area contributed by atoms with Crippen LogP contribution in [0.15, 0.2) is 6.33 Å². The summed E-state index contributed by atoms with van der Waals surface area (Å²) < 4.78 is 2.20. The van der Waals surface area contributed by atoms with Gasteiger partial charge in [0.05, 0.1) is 0 Å². The molecule has 3 heteroatoms. The Balaban J connectivity index is 2.12. The molecule has 2 rings (SSSR count). The summed E-state index contributed by atoms with van der Waals surface area (Å²) in [6.07, 6.45) is 7.10. The predicted molar refractivity (Wildman–Crippen MR) is 56.1 cm³/mol. The molecule has 0 bridgehead atoms. The molecule has 0 aromatic carbocycles. The summed E-state index contributed by atoms with van der Waals surface area (Å²) in [6.45, 7) is 6.59. The van der Waals surface area contributed by atoms with Gasteiger partial charge in [-0.05, 0) is 26.7 Å². The first-order valence-electron chi connectivity index (χ1n) is 5.47. The molecule has 0 atom stereocenters. The van der Waals surface area contributed by atoms with Crippen LogP contribution in [0.5, 0.6) is 0 Å². The second-order valence-corrected chi connectivity index (χ2v) is 5.29. The molecule has 1 fully saturated rings. The van der Waals surface area contributed by atoms with Gasteiger partial charge in [0.15, 0.2) is 0 Å². The summed E-state index contributed by atoms with van der Waals surface area (Å²) >= 11 is 0.